The average Bonchev–Trinajstić information content (AvgIpc) is 2.91. The molecule has 1 aliphatic rings. The number of piperazine rings is 1. The van der Waals surface area contributed by atoms with Crippen LogP contribution in [-0.2, 0) is 16.6 Å². The van der Waals surface area contributed by atoms with Gasteiger partial charge in [0.05, 0.1) is 6.54 Å². The van der Waals surface area contributed by atoms with Gasteiger partial charge in [-0.2, -0.15) is 4.31 Å². The third kappa shape index (κ3) is 3.48. The first-order valence-electron chi connectivity index (χ1n) is 7.37. The van der Waals surface area contributed by atoms with Crippen LogP contribution in [-0.4, -0.2) is 56.4 Å². The summed E-state index contributed by atoms with van der Waals surface area (Å²) in [6, 6.07) is 3.66. The van der Waals surface area contributed by atoms with Crippen molar-refractivity contribution in [2.24, 2.45) is 0 Å². The van der Waals surface area contributed by atoms with Crippen LogP contribution in [0.4, 0.5) is 0 Å². The molecule has 6 nitrogen and oxygen atoms in total. The summed E-state index contributed by atoms with van der Waals surface area (Å²) in [5.41, 5.74) is 0. The second-order valence-electron chi connectivity index (χ2n) is 5.69. The quantitative estimate of drug-likeness (QED) is 0.881. The molecule has 0 bridgehead atoms. The maximum atomic E-state index is 12.7. The van der Waals surface area contributed by atoms with E-state index >= 15 is 0 Å². The lowest BCUT2D eigenvalue weighted by Gasteiger charge is -2.41. The molecule has 2 rings (SSSR count). The van der Waals surface area contributed by atoms with E-state index in [-0.39, 0.29) is 17.2 Å². The predicted molar refractivity (Wildman–Crippen MR) is 81.5 cm³/mol. The monoisotopic (exact) mass is 315 g/mol. The normalized spacial score (nSPS) is 25.3. The summed E-state index contributed by atoms with van der Waals surface area (Å²) in [5.74, 6) is 0.644. The fourth-order valence-electron chi connectivity index (χ4n) is 2.52. The van der Waals surface area contributed by atoms with Crippen LogP contribution >= 0.6 is 0 Å². The fourth-order valence-corrected chi connectivity index (χ4v) is 4.05. The van der Waals surface area contributed by atoms with Crippen molar-refractivity contribution in [1.82, 2.24) is 14.5 Å². The third-order valence-corrected chi connectivity index (χ3v) is 5.81. The van der Waals surface area contributed by atoms with Crippen LogP contribution in [0.5, 0.6) is 0 Å². The molecule has 1 aliphatic heterocycles. The minimum atomic E-state index is -3.54. The summed E-state index contributed by atoms with van der Waals surface area (Å²) in [7, 11) is -1.51. The summed E-state index contributed by atoms with van der Waals surface area (Å²) < 4.78 is 32.4. The van der Waals surface area contributed by atoms with E-state index in [4.69, 9.17) is 4.42 Å². The van der Waals surface area contributed by atoms with E-state index in [1.54, 1.807) is 12.1 Å². The van der Waals surface area contributed by atoms with Crippen LogP contribution in [0.1, 0.15) is 26.5 Å². The molecule has 0 radical (unpaired) electrons. The summed E-state index contributed by atoms with van der Waals surface area (Å²) in [5, 5.41) is 3.16. The van der Waals surface area contributed by atoms with Gasteiger partial charge in [-0.25, -0.2) is 8.42 Å². The van der Waals surface area contributed by atoms with E-state index in [2.05, 4.69) is 10.2 Å². The van der Waals surface area contributed by atoms with Crippen LogP contribution in [0.15, 0.2) is 21.6 Å². The lowest BCUT2D eigenvalue weighted by Crippen LogP contribution is -2.56. The molecule has 1 aromatic heterocycles. The number of furan rings is 1. The third-order valence-electron chi connectivity index (χ3n) is 4.11. The van der Waals surface area contributed by atoms with Crippen molar-refractivity contribution in [2.75, 3.05) is 26.7 Å². The van der Waals surface area contributed by atoms with Gasteiger partial charge < -0.3 is 9.73 Å². The lowest BCUT2D eigenvalue weighted by molar-refractivity contribution is 0.104. The maximum Gasteiger partial charge on any atom is 0.276 e. The Morgan fingerprint density at radius 3 is 2.48 bits per heavy atom. The van der Waals surface area contributed by atoms with Crippen LogP contribution in [0.3, 0.4) is 0 Å². The van der Waals surface area contributed by atoms with Crippen LogP contribution < -0.4 is 5.32 Å². The second kappa shape index (κ2) is 6.48. The minimum Gasteiger partial charge on any atom is -0.447 e. The Balaban J connectivity index is 2.16. The van der Waals surface area contributed by atoms with Crippen molar-refractivity contribution >= 4 is 10.0 Å². The highest BCUT2D eigenvalue weighted by Gasteiger charge is 2.35. The molecule has 0 saturated carbocycles. The number of likely N-dealkylation sites (N-methyl/N-ethyl adjacent to an activating group) is 1. The van der Waals surface area contributed by atoms with E-state index in [0.717, 1.165) is 6.54 Å². The molecule has 2 unspecified atom stereocenters. The molecule has 7 heteroatoms. The van der Waals surface area contributed by atoms with Crippen molar-refractivity contribution in [3.63, 3.8) is 0 Å². The summed E-state index contributed by atoms with van der Waals surface area (Å²) >= 11 is 0. The minimum absolute atomic E-state index is 0.0411. The SMILES string of the molecule is CCNCc1ccc(S(=O)(=O)N2CC(C)N(C)C(C)C2)o1. The summed E-state index contributed by atoms with van der Waals surface area (Å²) in [4.78, 5) is 2.20. The zero-order valence-corrected chi connectivity index (χ0v) is 14.0. The molecule has 21 heavy (non-hydrogen) atoms. The van der Waals surface area contributed by atoms with Crippen molar-refractivity contribution in [2.45, 2.75) is 44.5 Å². The molecule has 0 aromatic carbocycles. The molecule has 0 spiro atoms. The topological polar surface area (TPSA) is 65.8 Å². The summed E-state index contributed by atoms with van der Waals surface area (Å²) in [6.45, 7) is 8.41. The number of rotatable bonds is 5. The zero-order chi connectivity index (χ0) is 15.6. The largest absolute Gasteiger partial charge is 0.447 e. The van der Waals surface area contributed by atoms with Gasteiger partial charge in [-0.05, 0) is 39.6 Å². The van der Waals surface area contributed by atoms with Crippen LogP contribution in [0, 0.1) is 0 Å². The second-order valence-corrected chi connectivity index (χ2v) is 7.56. The van der Waals surface area contributed by atoms with Gasteiger partial charge in [-0.15, -0.1) is 0 Å². The Labute approximate surface area is 127 Å². The Morgan fingerprint density at radius 1 is 1.29 bits per heavy atom. The van der Waals surface area contributed by atoms with E-state index in [0.29, 0.717) is 25.4 Å². The highest BCUT2D eigenvalue weighted by molar-refractivity contribution is 7.89. The molecule has 0 aliphatic carbocycles. The first-order chi connectivity index (χ1) is 9.86. The highest BCUT2D eigenvalue weighted by Crippen LogP contribution is 2.23. The predicted octanol–water partition coefficient (Wildman–Crippen LogP) is 1.10. The van der Waals surface area contributed by atoms with Crippen molar-refractivity contribution in [1.29, 1.82) is 0 Å². The van der Waals surface area contributed by atoms with E-state index in [1.807, 2.05) is 27.8 Å². The molecule has 1 saturated heterocycles. The van der Waals surface area contributed by atoms with E-state index in [9.17, 15) is 8.42 Å². The molecule has 1 N–H and O–H groups in total. The first kappa shape index (κ1) is 16.5. The number of nitrogens with one attached hydrogen (secondary N) is 1. The average molecular weight is 315 g/mol. The Hall–Kier alpha value is -0.890. The Bertz CT molecular complexity index is 558. The number of hydrogen-bond acceptors (Lipinski definition) is 5. The number of hydrogen-bond donors (Lipinski definition) is 1. The number of nitrogens with zero attached hydrogens (tertiary/aromatic N) is 2. The lowest BCUT2D eigenvalue weighted by atomic mass is 10.1. The van der Waals surface area contributed by atoms with Gasteiger partial charge in [0.2, 0.25) is 5.09 Å². The Morgan fingerprint density at radius 2 is 1.90 bits per heavy atom. The molecule has 2 atom stereocenters. The van der Waals surface area contributed by atoms with Gasteiger partial charge in [-0.3, -0.25) is 4.90 Å². The highest BCUT2D eigenvalue weighted by atomic mass is 32.2. The van der Waals surface area contributed by atoms with Gasteiger partial charge in [0.1, 0.15) is 5.76 Å². The molecule has 1 aromatic rings. The van der Waals surface area contributed by atoms with Gasteiger partial charge in [-0.1, -0.05) is 6.92 Å². The van der Waals surface area contributed by atoms with Crippen molar-refractivity contribution in [3.05, 3.63) is 17.9 Å². The number of sulfonamides is 1. The molecule has 2 heterocycles. The van der Waals surface area contributed by atoms with Crippen molar-refractivity contribution < 1.29 is 12.8 Å². The molecular formula is C14H25N3O3S. The van der Waals surface area contributed by atoms with Crippen molar-refractivity contribution in [3.8, 4) is 0 Å². The summed E-state index contributed by atoms with van der Waals surface area (Å²) in [6.07, 6.45) is 0. The van der Waals surface area contributed by atoms with Crippen LogP contribution in [0.2, 0.25) is 0 Å². The molecule has 120 valence electrons. The smallest absolute Gasteiger partial charge is 0.276 e. The molecule has 1 fully saturated rings. The van der Waals surface area contributed by atoms with E-state index < -0.39 is 10.0 Å². The zero-order valence-electron chi connectivity index (χ0n) is 13.2. The standard InChI is InChI=1S/C14H25N3O3S/c1-5-15-8-13-6-7-14(20-13)21(18,19)17-9-11(2)16(4)12(3)10-17/h6-7,11-12,15H,5,8-10H2,1-4H3. The van der Waals surface area contributed by atoms with Gasteiger partial charge in [0.25, 0.3) is 10.0 Å². The van der Waals surface area contributed by atoms with Gasteiger partial charge in [0, 0.05) is 25.2 Å². The Kier molecular flexibility index (Phi) is 5.08. The maximum absolute atomic E-state index is 12.7. The fraction of sp³-hybridized carbons (Fsp3) is 0.714. The van der Waals surface area contributed by atoms with Gasteiger partial charge in [0.15, 0.2) is 0 Å². The van der Waals surface area contributed by atoms with Crippen LogP contribution in [0.25, 0.3) is 0 Å². The molecular weight excluding hydrogens is 290 g/mol. The first-order valence-corrected chi connectivity index (χ1v) is 8.81. The van der Waals surface area contributed by atoms with E-state index in [1.165, 1.54) is 4.31 Å². The van der Waals surface area contributed by atoms with Gasteiger partial charge >= 0.3 is 0 Å². The molecule has 0 amide bonds.